The molecular weight excluding hydrogens is 244 g/mol. The average Bonchev–Trinajstić information content (AvgIpc) is 2.88. The fourth-order valence-electron chi connectivity index (χ4n) is 2.73. The lowest BCUT2D eigenvalue weighted by molar-refractivity contribution is 0.444. The molecule has 0 bridgehead atoms. The SMILES string of the molecule is CNCC1CCCCN1c1ncnc2sccc12. The summed E-state index contributed by atoms with van der Waals surface area (Å²) in [4.78, 5) is 12.4. The van der Waals surface area contributed by atoms with Gasteiger partial charge < -0.3 is 10.2 Å². The number of fused-ring (bicyclic) bond motifs is 1. The van der Waals surface area contributed by atoms with Gasteiger partial charge in [-0.3, -0.25) is 0 Å². The molecule has 0 radical (unpaired) electrons. The van der Waals surface area contributed by atoms with E-state index in [2.05, 4.69) is 31.6 Å². The van der Waals surface area contributed by atoms with Crippen molar-refractivity contribution >= 4 is 27.4 Å². The third kappa shape index (κ3) is 2.08. The van der Waals surface area contributed by atoms with E-state index in [9.17, 15) is 0 Å². The summed E-state index contributed by atoms with van der Waals surface area (Å²) in [6.07, 6.45) is 5.52. The van der Waals surface area contributed by atoms with Gasteiger partial charge in [-0.2, -0.15) is 0 Å². The molecule has 1 fully saturated rings. The van der Waals surface area contributed by atoms with Crippen LogP contribution in [0.15, 0.2) is 17.8 Å². The van der Waals surface area contributed by atoms with E-state index in [1.165, 1.54) is 24.6 Å². The van der Waals surface area contributed by atoms with Gasteiger partial charge in [0.25, 0.3) is 0 Å². The number of thiophene rings is 1. The van der Waals surface area contributed by atoms with Gasteiger partial charge in [0.05, 0.1) is 5.39 Å². The smallest absolute Gasteiger partial charge is 0.141 e. The van der Waals surface area contributed by atoms with Crippen LogP contribution in [0.3, 0.4) is 0 Å². The maximum atomic E-state index is 4.53. The van der Waals surface area contributed by atoms with E-state index in [1.807, 2.05) is 7.05 Å². The summed E-state index contributed by atoms with van der Waals surface area (Å²) in [5.74, 6) is 1.11. The largest absolute Gasteiger partial charge is 0.352 e. The maximum Gasteiger partial charge on any atom is 0.141 e. The van der Waals surface area contributed by atoms with Crippen molar-refractivity contribution in [3.63, 3.8) is 0 Å². The maximum absolute atomic E-state index is 4.53. The minimum atomic E-state index is 0.557. The zero-order valence-corrected chi connectivity index (χ0v) is 11.4. The van der Waals surface area contributed by atoms with Crippen molar-refractivity contribution in [3.05, 3.63) is 17.8 Å². The van der Waals surface area contributed by atoms with E-state index < -0.39 is 0 Å². The van der Waals surface area contributed by atoms with E-state index in [0.717, 1.165) is 23.7 Å². The molecule has 1 aliphatic rings. The lowest BCUT2D eigenvalue weighted by atomic mass is 10.0. The zero-order valence-electron chi connectivity index (χ0n) is 10.6. The molecule has 3 rings (SSSR count). The fourth-order valence-corrected chi connectivity index (χ4v) is 3.46. The van der Waals surface area contributed by atoms with Crippen molar-refractivity contribution in [1.29, 1.82) is 0 Å². The van der Waals surface area contributed by atoms with Crippen LogP contribution in [-0.2, 0) is 0 Å². The van der Waals surface area contributed by atoms with Crippen molar-refractivity contribution in [2.24, 2.45) is 0 Å². The molecule has 0 amide bonds. The molecule has 1 saturated heterocycles. The summed E-state index contributed by atoms with van der Waals surface area (Å²) in [6.45, 7) is 2.13. The van der Waals surface area contributed by atoms with Gasteiger partial charge in [-0.05, 0) is 37.8 Å². The highest BCUT2D eigenvalue weighted by atomic mass is 32.1. The third-order valence-corrected chi connectivity index (χ3v) is 4.40. The Hall–Kier alpha value is -1.20. The lowest BCUT2D eigenvalue weighted by Crippen LogP contribution is -2.45. The van der Waals surface area contributed by atoms with Crippen molar-refractivity contribution in [2.45, 2.75) is 25.3 Å². The van der Waals surface area contributed by atoms with Crippen LogP contribution in [0.25, 0.3) is 10.2 Å². The summed E-state index contributed by atoms with van der Waals surface area (Å²) < 4.78 is 0. The number of nitrogens with one attached hydrogen (secondary N) is 1. The van der Waals surface area contributed by atoms with Gasteiger partial charge in [0, 0.05) is 19.1 Å². The first kappa shape index (κ1) is 11.9. The van der Waals surface area contributed by atoms with Crippen molar-refractivity contribution in [3.8, 4) is 0 Å². The molecular formula is C13H18N4S. The molecule has 4 nitrogen and oxygen atoms in total. The molecule has 0 saturated carbocycles. The van der Waals surface area contributed by atoms with Crippen LogP contribution in [0.4, 0.5) is 5.82 Å². The van der Waals surface area contributed by atoms with Crippen LogP contribution in [0, 0.1) is 0 Å². The van der Waals surface area contributed by atoms with Gasteiger partial charge in [-0.1, -0.05) is 0 Å². The first-order chi connectivity index (χ1) is 8.90. The molecule has 18 heavy (non-hydrogen) atoms. The van der Waals surface area contributed by atoms with E-state index in [1.54, 1.807) is 17.7 Å². The monoisotopic (exact) mass is 262 g/mol. The first-order valence-electron chi connectivity index (χ1n) is 6.49. The molecule has 1 N–H and O–H groups in total. The van der Waals surface area contributed by atoms with Gasteiger partial charge in [-0.15, -0.1) is 11.3 Å². The Morgan fingerprint density at radius 2 is 2.39 bits per heavy atom. The molecule has 2 aromatic rings. The van der Waals surface area contributed by atoms with Crippen molar-refractivity contribution < 1.29 is 0 Å². The predicted molar refractivity (Wildman–Crippen MR) is 76.3 cm³/mol. The van der Waals surface area contributed by atoms with Crippen LogP contribution in [0.2, 0.25) is 0 Å². The highest BCUT2D eigenvalue weighted by Gasteiger charge is 2.24. The molecule has 0 spiro atoms. The summed E-state index contributed by atoms with van der Waals surface area (Å²) in [6, 6.07) is 2.70. The standard InChI is InChI=1S/C13H18N4S/c1-14-8-10-4-2-3-6-17(10)12-11-5-7-18-13(11)16-9-15-12/h5,7,9-10,14H,2-4,6,8H2,1H3. The quantitative estimate of drug-likeness (QED) is 0.921. The summed E-state index contributed by atoms with van der Waals surface area (Å²) in [5, 5.41) is 6.59. The second kappa shape index (κ2) is 5.20. The van der Waals surface area contributed by atoms with Gasteiger partial charge in [-0.25, -0.2) is 9.97 Å². The number of nitrogens with zero attached hydrogens (tertiary/aromatic N) is 3. The van der Waals surface area contributed by atoms with Crippen molar-refractivity contribution in [1.82, 2.24) is 15.3 Å². The fraction of sp³-hybridized carbons (Fsp3) is 0.538. The molecule has 0 aromatic carbocycles. The normalized spacial score (nSPS) is 20.5. The van der Waals surface area contributed by atoms with E-state index >= 15 is 0 Å². The van der Waals surface area contributed by atoms with Crippen molar-refractivity contribution in [2.75, 3.05) is 25.0 Å². The third-order valence-electron chi connectivity index (χ3n) is 3.58. The topological polar surface area (TPSA) is 41.0 Å². The Morgan fingerprint density at radius 3 is 3.28 bits per heavy atom. The number of anilines is 1. The van der Waals surface area contributed by atoms with Gasteiger partial charge in [0.15, 0.2) is 0 Å². The van der Waals surface area contributed by atoms with Gasteiger partial charge in [0.1, 0.15) is 17.0 Å². The Morgan fingerprint density at radius 1 is 1.44 bits per heavy atom. The van der Waals surface area contributed by atoms with E-state index in [4.69, 9.17) is 0 Å². The van der Waals surface area contributed by atoms with Crippen LogP contribution >= 0.6 is 11.3 Å². The number of rotatable bonds is 3. The summed E-state index contributed by atoms with van der Waals surface area (Å²) in [5.41, 5.74) is 0. The molecule has 3 heterocycles. The van der Waals surface area contributed by atoms with Gasteiger partial charge >= 0.3 is 0 Å². The number of hydrogen-bond acceptors (Lipinski definition) is 5. The molecule has 2 aromatic heterocycles. The van der Waals surface area contributed by atoms with Crippen LogP contribution < -0.4 is 10.2 Å². The molecule has 0 aliphatic carbocycles. The van der Waals surface area contributed by atoms with Crippen LogP contribution in [-0.4, -0.2) is 36.1 Å². The Balaban J connectivity index is 1.98. The average molecular weight is 262 g/mol. The van der Waals surface area contributed by atoms with E-state index in [-0.39, 0.29) is 0 Å². The Bertz CT molecular complexity index is 522. The minimum Gasteiger partial charge on any atom is -0.352 e. The van der Waals surface area contributed by atoms with Crippen LogP contribution in [0.5, 0.6) is 0 Å². The summed E-state index contributed by atoms with van der Waals surface area (Å²) in [7, 11) is 2.02. The van der Waals surface area contributed by atoms with Crippen LogP contribution in [0.1, 0.15) is 19.3 Å². The molecule has 5 heteroatoms. The number of hydrogen-bond donors (Lipinski definition) is 1. The second-order valence-corrected chi connectivity index (χ2v) is 5.63. The molecule has 1 atom stereocenters. The highest BCUT2D eigenvalue weighted by Crippen LogP contribution is 2.30. The number of likely N-dealkylation sites (N-methyl/N-ethyl adjacent to an activating group) is 1. The Kier molecular flexibility index (Phi) is 3.43. The molecule has 1 unspecified atom stereocenters. The minimum absolute atomic E-state index is 0.557. The van der Waals surface area contributed by atoms with Gasteiger partial charge in [0.2, 0.25) is 0 Å². The Labute approximate surface area is 111 Å². The highest BCUT2D eigenvalue weighted by molar-refractivity contribution is 7.16. The zero-order chi connectivity index (χ0) is 12.4. The lowest BCUT2D eigenvalue weighted by Gasteiger charge is -2.36. The van der Waals surface area contributed by atoms with E-state index in [0.29, 0.717) is 6.04 Å². The summed E-state index contributed by atoms with van der Waals surface area (Å²) >= 11 is 1.69. The number of aromatic nitrogens is 2. The predicted octanol–water partition coefficient (Wildman–Crippen LogP) is 2.27. The number of piperidine rings is 1. The second-order valence-electron chi connectivity index (χ2n) is 4.74. The molecule has 1 aliphatic heterocycles. The molecule has 96 valence electrons. The first-order valence-corrected chi connectivity index (χ1v) is 7.37.